The van der Waals surface area contributed by atoms with Gasteiger partial charge in [-0.2, -0.15) is 0 Å². The number of aliphatic hydroxyl groups excluding tert-OH is 1. The van der Waals surface area contributed by atoms with Gasteiger partial charge in [-0.25, -0.2) is 14.0 Å². The number of halogens is 1. The first-order valence-corrected chi connectivity index (χ1v) is 18.7. The van der Waals surface area contributed by atoms with E-state index in [1.165, 1.54) is 18.2 Å². The van der Waals surface area contributed by atoms with Crippen LogP contribution in [0.15, 0.2) is 23.8 Å². The fourth-order valence-corrected chi connectivity index (χ4v) is 9.34. The van der Waals surface area contributed by atoms with Crippen LogP contribution in [-0.2, 0) is 43.1 Å². The fourth-order valence-electron chi connectivity index (χ4n) is 9.34. The summed E-state index contributed by atoms with van der Waals surface area (Å²) in [5, 5.41) is 59.5. The number of nitrogens with one attached hydrogen (secondary N) is 1. The zero-order valence-corrected chi connectivity index (χ0v) is 31.8. The Hall–Kier alpha value is -3.44. The lowest BCUT2D eigenvalue weighted by atomic mass is 9.44. The lowest BCUT2D eigenvalue weighted by molar-refractivity contribution is -0.492. The molecule has 2 unspecified atom stereocenters. The van der Waals surface area contributed by atoms with Crippen molar-refractivity contribution in [2.24, 2.45) is 28.6 Å². The quantitative estimate of drug-likeness (QED) is 0.0529. The summed E-state index contributed by atoms with van der Waals surface area (Å²) in [5.41, 5.74) is -6.28. The summed E-state index contributed by atoms with van der Waals surface area (Å²) in [5.74, 6) is -4.74. The Balaban J connectivity index is 1.35. The van der Waals surface area contributed by atoms with Crippen molar-refractivity contribution in [1.82, 2.24) is 16.1 Å². The van der Waals surface area contributed by atoms with Gasteiger partial charge in [-0.1, -0.05) is 31.9 Å². The van der Waals surface area contributed by atoms with E-state index in [9.17, 15) is 34.2 Å². The predicted molar refractivity (Wildman–Crippen MR) is 183 cm³/mol. The Morgan fingerprint density at radius 1 is 0.946 bits per heavy atom. The van der Waals surface area contributed by atoms with Gasteiger partial charge in [0.1, 0.15) is 12.2 Å². The van der Waals surface area contributed by atoms with Crippen molar-refractivity contribution >= 4 is 29.6 Å². The molecule has 3 saturated carbocycles. The Kier molecular flexibility index (Phi) is 15.3. The second kappa shape index (κ2) is 18.9. The van der Waals surface area contributed by atoms with E-state index >= 15 is 4.39 Å². The summed E-state index contributed by atoms with van der Waals surface area (Å²) in [6.45, 7) is 2.93. The van der Waals surface area contributed by atoms with E-state index in [0.29, 0.717) is 37.7 Å². The van der Waals surface area contributed by atoms with Gasteiger partial charge < -0.3 is 29.7 Å². The zero-order chi connectivity index (χ0) is 41.5. The highest BCUT2D eigenvalue weighted by atomic mass is 19.1. The van der Waals surface area contributed by atoms with Crippen LogP contribution in [0, 0.1) is 28.6 Å². The second-order valence-corrected chi connectivity index (χ2v) is 15.4. The molecule has 7 N–H and O–H groups in total. The second-order valence-electron chi connectivity index (χ2n) is 15.4. The molecule has 1 amide bonds. The summed E-state index contributed by atoms with van der Waals surface area (Å²) >= 11 is 0. The minimum atomic E-state index is -2.17. The SMILES string of the molecule is C[C@H]1C[C@H]2[C@@H]3CCC4=CC(=O)C=C[C@]4(C)C3(F)[C@@H](O)C[C@]2(C)[C@@]1(O)C(=O)COC(=O)OCC(NC(=O)CCCCCON(O)O)C(=O)OCCCCON(O)O. The minimum absolute atomic E-state index is 0.0292. The third kappa shape index (κ3) is 9.46. The first-order chi connectivity index (χ1) is 26.3. The van der Waals surface area contributed by atoms with Crippen LogP contribution in [0.1, 0.15) is 85.0 Å². The average Bonchev–Trinajstić information content (AvgIpc) is 3.33. The van der Waals surface area contributed by atoms with Crippen LogP contribution in [0.4, 0.5) is 9.18 Å². The fraction of sp³-hybridized carbons (Fsp3) is 0.750. The number of hydrogen-bond acceptors (Lipinski definition) is 18. The molecule has 4 rings (SSSR count). The van der Waals surface area contributed by atoms with E-state index in [4.69, 9.17) is 35.0 Å². The van der Waals surface area contributed by atoms with Crippen molar-refractivity contribution in [1.29, 1.82) is 0 Å². The highest BCUT2D eigenvalue weighted by Gasteiger charge is 2.75. The van der Waals surface area contributed by atoms with Gasteiger partial charge in [0.15, 0.2) is 24.1 Å². The van der Waals surface area contributed by atoms with Gasteiger partial charge >= 0.3 is 12.1 Å². The van der Waals surface area contributed by atoms with E-state index in [1.807, 2.05) is 0 Å². The van der Waals surface area contributed by atoms with Crippen LogP contribution < -0.4 is 5.32 Å². The van der Waals surface area contributed by atoms with Gasteiger partial charge in [0.2, 0.25) is 11.7 Å². The van der Waals surface area contributed by atoms with Crippen molar-refractivity contribution < 1.29 is 83.3 Å². The molecule has 20 heteroatoms. The molecule has 0 saturated heterocycles. The average molecular weight is 804 g/mol. The van der Waals surface area contributed by atoms with Gasteiger partial charge in [0.05, 0.1) is 36.7 Å². The van der Waals surface area contributed by atoms with Crippen LogP contribution in [-0.4, -0.2) is 128 Å². The number of rotatable bonds is 20. The van der Waals surface area contributed by atoms with Crippen molar-refractivity contribution in [3.05, 3.63) is 23.8 Å². The van der Waals surface area contributed by atoms with E-state index in [2.05, 4.69) is 15.0 Å². The molecule has 9 atom stereocenters. The third-order valence-corrected chi connectivity index (χ3v) is 12.2. The maximum Gasteiger partial charge on any atom is 0.508 e. The summed E-state index contributed by atoms with van der Waals surface area (Å²) in [7, 11) is 0. The van der Waals surface area contributed by atoms with Gasteiger partial charge in [0.25, 0.3) is 0 Å². The van der Waals surface area contributed by atoms with Crippen LogP contribution in [0.25, 0.3) is 0 Å². The third-order valence-electron chi connectivity index (χ3n) is 12.2. The minimum Gasteiger partial charge on any atom is -0.464 e. The molecule has 0 bridgehead atoms. The topological polar surface area (TPSA) is 271 Å². The van der Waals surface area contributed by atoms with E-state index in [1.54, 1.807) is 20.8 Å². The predicted octanol–water partition coefficient (Wildman–Crippen LogP) is 2.45. The number of alkyl halides is 1. The number of allylic oxidation sites excluding steroid dienone is 4. The first kappa shape index (κ1) is 45.3. The van der Waals surface area contributed by atoms with Crippen molar-refractivity contribution in [3.8, 4) is 0 Å². The molecule has 0 radical (unpaired) electrons. The number of esters is 1. The molecule has 19 nitrogen and oxygen atoms in total. The lowest BCUT2D eigenvalue weighted by Crippen LogP contribution is -2.69. The number of hydrogen-bond donors (Lipinski definition) is 7. The molecule has 4 aliphatic rings. The smallest absolute Gasteiger partial charge is 0.464 e. The molecule has 0 spiro atoms. The van der Waals surface area contributed by atoms with E-state index in [-0.39, 0.29) is 57.7 Å². The molecule has 56 heavy (non-hydrogen) atoms. The Morgan fingerprint density at radius 3 is 2.25 bits per heavy atom. The highest BCUT2D eigenvalue weighted by Crippen LogP contribution is 2.70. The number of nitrogens with zero attached hydrogens (tertiary/aromatic N) is 2. The molecule has 3 fully saturated rings. The molecule has 0 aromatic carbocycles. The Bertz CT molecular complexity index is 1510. The largest absolute Gasteiger partial charge is 0.508 e. The monoisotopic (exact) mass is 803 g/mol. The molecular formula is C36H54FN3O16. The molecule has 0 aromatic rings. The van der Waals surface area contributed by atoms with Gasteiger partial charge in [-0.05, 0) is 82.3 Å². The number of aliphatic hydroxyl groups is 2. The number of unbranched alkanes of at least 4 members (excludes halogenated alkanes) is 3. The van der Waals surface area contributed by atoms with Crippen LogP contribution >= 0.6 is 0 Å². The molecule has 316 valence electrons. The standard InChI is InChI=1S/C36H54FN3O16/c1-22-17-26-25-11-10-23-18-24(41)12-13-33(23,2)35(25,37)28(42)19-34(26,3)36(22,47)29(43)21-54-32(46)53-20-27(31(45)52-14-7-8-16-56-40(50)51)38-30(44)9-5-4-6-15-55-39(48)49/h12-13,18,22,25-28,42,47-51H,4-11,14-17,19-21H2,1-3H3,(H,38,44)/t22-,25-,26-,27?,28-,33-,34-,35?,36-/m0/s1. The lowest BCUT2D eigenvalue weighted by Gasteiger charge is -2.62. The molecule has 0 heterocycles. The van der Waals surface area contributed by atoms with E-state index in [0.717, 1.165) is 0 Å². The van der Waals surface area contributed by atoms with Gasteiger partial charge in [0, 0.05) is 23.2 Å². The van der Waals surface area contributed by atoms with Crippen molar-refractivity contribution in [2.75, 3.05) is 33.0 Å². The summed E-state index contributed by atoms with van der Waals surface area (Å²) in [6, 6.07) is -1.50. The summed E-state index contributed by atoms with van der Waals surface area (Å²) in [6.07, 6.45) is 3.47. The zero-order valence-electron chi connectivity index (χ0n) is 31.8. The summed E-state index contributed by atoms with van der Waals surface area (Å²) < 4.78 is 32.8. The number of carbonyl (C=O) groups is 5. The van der Waals surface area contributed by atoms with Crippen LogP contribution in [0.5, 0.6) is 0 Å². The number of amides is 1. The Morgan fingerprint density at radius 2 is 1.59 bits per heavy atom. The molecular weight excluding hydrogens is 749 g/mol. The highest BCUT2D eigenvalue weighted by molar-refractivity contribution is 6.01. The number of fused-ring (bicyclic) bond motifs is 5. The van der Waals surface area contributed by atoms with Crippen LogP contribution in [0.3, 0.4) is 0 Å². The number of ether oxygens (including phenoxy) is 3. The number of Topliss-reactive ketones (excluding diaryl/α,β-unsaturated/α-hetero) is 1. The van der Waals surface area contributed by atoms with Crippen LogP contribution in [0.2, 0.25) is 0 Å². The normalized spacial score (nSPS) is 32.6. The molecule has 0 aromatic heterocycles. The van der Waals surface area contributed by atoms with Gasteiger partial charge in [-0.3, -0.25) is 44.9 Å². The maximum atomic E-state index is 17.5. The van der Waals surface area contributed by atoms with Gasteiger partial charge in [-0.15, -0.1) is 0 Å². The number of carbonyl (C=O) groups excluding carboxylic acids is 5. The molecule has 0 aliphatic heterocycles. The molecule has 4 aliphatic carbocycles. The van der Waals surface area contributed by atoms with Crippen molar-refractivity contribution in [3.63, 3.8) is 0 Å². The van der Waals surface area contributed by atoms with Crippen molar-refractivity contribution in [2.45, 2.75) is 108 Å². The number of ketones is 2. The maximum absolute atomic E-state index is 17.5. The van der Waals surface area contributed by atoms with E-state index < -0.39 is 99.8 Å². The Labute approximate surface area is 322 Å². The first-order valence-electron chi connectivity index (χ1n) is 18.7. The summed E-state index contributed by atoms with van der Waals surface area (Å²) in [4.78, 5) is 73.0.